The monoisotopic (exact) mass is 1810 g/mol. The van der Waals surface area contributed by atoms with Crippen LogP contribution < -0.4 is 0 Å². The van der Waals surface area contributed by atoms with Crippen LogP contribution in [-0.4, -0.2) is 176 Å². The van der Waals surface area contributed by atoms with Gasteiger partial charge >= 0.3 is 5.97 Å². The number of hydrogen-bond donors (Lipinski definition) is 4. The van der Waals surface area contributed by atoms with Gasteiger partial charge in [0.2, 0.25) is 0 Å². The molecule has 4 N–H and O–H groups in total. The van der Waals surface area contributed by atoms with Crippen molar-refractivity contribution >= 4 is 34.2 Å². The van der Waals surface area contributed by atoms with Gasteiger partial charge in [0.05, 0.1) is 127 Å². The Morgan fingerprint density at radius 2 is 0.836 bits per heavy atom. The summed E-state index contributed by atoms with van der Waals surface area (Å²) >= 11 is 2.47. The van der Waals surface area contributed by atoms with E-state index in [0.29, 0.717) is 56.2 Å². The minimum Gasteiger partial charge on any atom is -0.458 e. The summed E-state index contributed by atoms with van der Waals surface area (Å²) in [4.78, 5) is 22.8. The zero-order valence-electron chi connectivity index (χ0n) is 76.8. The third kappa shape index (κ3) is 34.9. The zero-order chi connectivity index (χ0) is 90.1. The van der Waals surface area contributed by atoms with Crippen molar-refractivity contribution in [1.82, 2.24) is 0 Å². The van der Waals surface area contributed by atoms with Gasteiger partial charge < -0.3 is 67.8 Å². The minimum atomic E-state index is -0.519. The number of nitrogens with zero attached hydrogens (tertiary/aromatic N) is 1. The minimum absolute atomic E-state index is 0.0138. The highest BCUT2D eigenvalue weighted by atomic mass is 127. The van der Waals surface area contributed by atoms with Crippen molar-refractivity contribution in [3.05, 3.63) is 196 Å². The number of ether oxygens (including phenoxy) is 10. The van der Waals surface area contributed by atoms with Crippen LogP contribution in [0.1, 0.15) is 312 Å². The summed E-state index contributed by atoms with van der Waals surface area (Å²) in [5.41, 5.74) is 26.3. The molecule has 0 bridgehead atoms. The van der Waals surface area contributed by atoms with E-state index >= 15 is 0 Å². The highest BCUT2D eigenvalue weighted by Crippen LogP contribution is 2.47. The highest BCUT2D eigenvalue weighted by molar-refractivity contribution is 14.1. The van der Waals surface area contributed by atoms with Crippen LogP contribution in [0.3, 0.4) is 0 Å². The summed E-state index contributed by atoms with van der Waals surface area (Å²) in [6.07, 6.45) is 37.8. The van der Waals surface area contributed by atoms with Crippen molar-refractivity contribution in [2.75, 3.05) is 17.6 Å². The van der Waals surface area contributed by atoms with Crippen LogP contribution in [0.15, 0.2) is 180 Å². The second kappa shape index (κ2) is 55.9. The lowest BCUT2D eigenvalue weighted by Gasteiger charge is -2.41. The van der Waals surface area contributed by atoms with E-state index in [4.69, 9.17) is 47.4 Å². The van der Waals surface area contributed by atoms with E-state index in [1.165, 1.54) is 47.4 Å². The van der Waals surface area contributed by atoms with E-state index in [2.05, 4.69) is 158 Å². The number of rotatable bonds is 38. The molecule has 0 spiro atoms. The summed E-state index contributed by atoms with van der Waals surface area (Å²) in [6.45, 7) is 59.1. The quantitative estimate of drug-likeness (QED) is 0.00916. The van der Waals surface area contributed by atoms with Crippen LogP contribution in [0.25, 0.3) is 0 Å². The molecular weight excluding hydrogens is 1650 g/mol. The molecule has 9 fully saturated rings. The molecule has 9 aliphatic rings. The van der Waals surface area contributed by atoms with Crippen molar-refractivity contribution in [2.24, 2.45) is 0 Å². The van der Waals surface area contributed by atoms with E-state index in [0.717, 1.165) is 224 Å². The van der Waals surface area contributed by atoms with Crippen LogP contribution in [0, 0.1) is 10.1 Å². The predicted molar refractivity (Wildman–Crippen MR) is 500 cm³/mol. The number of aliphatic hydroxyl groups excluding tert-OH is 4. The molecule has 0 amide bonds. The standard InChI is InChI=1S/C23H29NO5.C16H25IO2.C16H26O3.C16H24O3.2C16H26O2/c1-5-7-20-15-17(4)22(28-20)13-12-21(14-16(3)6-2)29-23(25)18-8-10-19(11-9-18)24(26)27;3*1-4-6-14-10-16(11-17)15(18-14)8-7-13(19-16)9-12(3)5-2;2*1-5-7-15-11-13(4)16(18-15)9-8-14(17)10-12(3)6-2/h8-11,20-22H,2,4-5,7,12-15H2,1,3H3;13-15H,2,4,6-11H2,1,3H3;13-15,17H,2,4,6-11H2,1,3H3;4,6,13-15,17H,2,7-11H2,1,3H3;2*14-17H,2,4-5,7-11H2,1,3H3/b;;;6-4+;;/t20-,21-,22-;3*13-,14+,15+,16-;14-,15+,16+;14-,15-,16-/m011110/s1. The molecule has 21 atom stereocenters. The lowest BCUT2D eigenvalue weighted by Crippen LogP contribution is -2.51. The third-order valence-electron chi connectivity index (χ3n) is 25.0. The number of halogens is 1. The average molecular weight is 1810 g/mol. The van der Waals surface area contributed by atoms with Gasteiger partial charge in [-0.25, -0.2) is 4.79 Å². The first kappa shape index (κ1) is 107. The topological polar surface area (TPSA) is 233 Å². The lowest BCUT2D eigenvalue weighted by atomic mass is 9.86. The number of nitro groups is 1. The summed E-state index contributed by atoms with van der Waals surface area (Å²) in [6, 6.07) is 5.41. The molecule has 0 saturated carbocycles. The maximum atomic E-state index is 12.5. The average Bonchev–Trinajstić information content (AvgIpc) is 1.64. The zero-order valence-corrected chi connectivity index (χ0v) is 79.0. The number of benzene rings is 1. The van der Waals surface area contributed by atoms with Crippen LogP contribution in [0.5, 0.6) is 0 Å². The number of allylic oxidation sites excluding steroid dienone is 1. The second-order valence-corrected chi connectivity index (χ2v) is 36.3. The van der Waals surface area contributed by atoms with Crippen molar-refractivity contribution in [2.45, 2.75) is 428 Å². The first-order valence-corrected chi connectivity index (χ1v) is 47.2. The molecule has 1 aromatic carbocycles. The number of non-ortho nitro benzene ring substituents is 1. The van der Waals surface area contributed by atoms with Gasteiger partial charge in [0.1, 0.15) is 22.9 Å². The van der Waals surface area contributed by atoms with E-state index in [1.54, 1.807) is 0 Å². The Morgan fingerprint density at radius 1 is 0.492 bits per heavy atom. The van der Waals surface area contributed by atoms with Gasteiger partial charge in [0, 0.05) is 74.3 Å². The number of nitro benzene ring substituents is 1. The van der Waals surface area contributed by atoms with Gasteiger partial charge in [-0.2, -0.15) is 0 Å². The first-order valence-electron chi connectivity index (χ1n) is 45.7. The molecule has 0 aliphatic carbocycles. The van der Waals surface area contributed by atoms with E-state index in [-0.39, 0.29) is 109 Å². The number of hydrogen-bond acceptors (Lipinski definition) is 17. The molecular formula is C103H156INO17. The molecule has 19 heteroatoms. The SMILES string of the molecule is C=C=C(C)C[C@@H](O)CC[C@@H]1O[C@@H](CCC)CC1=C.C=C=C(C)C[C@H](CC[C@@H]1O[C@@H](CCC)CC1=C)OC(=O)c1ccc([N+](=O)[O-])cc1.C=C=C(C)C[C@H](O)CC[C@@H]1O[C@@H](CCC)CC1=C.C=C=C(C)C[C@H]1CC[C@@H]2O[C@@H](/C=C/C)C[C@]2(CO)O1.C=C=C(C)C[C@H]1CC[C@@H]2O[C@@H](CCC)C[C@]2(CI)O1.C=C=C(C)C[C@H]1CC[C@@H]2O[C@@H](CCC)C[C@]2(CO)O1. The van der Waals surface area contributed by atoms with Crippen molar-refractivity contribution in [1.29, 1.82) is 0 Å². The van der Waals surface area contributed by atoms with Crippen LogP contribution >= 0.6 is 22.6 Å². The molecule has 1 aromatic rings. The molecule has 9 saturated heterocycles. The number of esters is 1. The summed E-state index contributed by atoms with van der Waals surface area (Å²) in [7, 11) is 0. The maximum absolute atomic E-state index is 12.5. The maximum Gasteiger partial charge on any atom is 0.338 e. The predicted octanol–water partition coefficient (Wildman–Crippen LogP) is 23.2. The molecule has 122 heavy (non-hydrogen) atoms. The molecule has 18 nitrogen and oxygen atoms in total. The van der Waals surface area contributed by atoms with Crippen molar-refractivity contribution in [3.63, 3.8) is 0 Å². The van der Waals surface area contributed by atoms with Gasteiger partial charge in [-0.3, -0.25) is 10.1 Å². The van der Waals surface area contributed by atoms with Crippen LogP contribution in [0.4, 0.5) is 5.69 Å². The first-order chi connectivity index (χ1) is 58.3. The molecule has 682 valence electrons. The molecule has 0 radical (unpaired) electrons. The molecule has 0 aromatic heterocycles. The van der Waals surface area contributed by atoms with Crippen molar-refractivity contribution < 1.29 is 77.5 Å². The fourth-order valence-electron chi connectivity index (χ4n) is 18.1. The van der Waals surface area contributed by atoms with Gasteiger partial charge in [-0.05, 0) is 239 Å². The van der Waals surface area contributed by atoms with Gasteiger partial charge in [0.15, 0.2) is 0 Å². The summed E-state index contributed by atoms with van der Waals surface area (Å²) < 4.78 is 61.9. The molecule has 9 aliphatic heterocycles. The Bertz CT molecular complexity index is 3650. The van der Waals surface area contributed by atoms with Gasteiger partial charge in [-0.1, -0.05) is 161 Å². The number of aliphatic hydroxyl groups is 4. The van der Waals surface area contributed by atoms with Gasteiger partial charge in [-0.15, -0.1) is 34.4 Å². The second-order valence-electron chi connectivity index (χ2n) is 35.5. The number of carbonyl (C=O) groups is 1. The summed E-state index contributed by atoms with van der Waals surface area (Å²) in [5, 5.41) is 50.1. The Kier molecular flexibility index (Phi) is 49.0. The largest absolute Gasteiger partial charge is 0.458 e. The Balaban J connectivity index is 0.000000263. The van der Waals surface area contributed by atoms with Crippen molar-refractivity contribution in [3.8, 4) is 0 Å². The van der Waals surface area contributed by atoms with E-state index in [9.17, 15) is 35.3 Å². The number of fused-ring (bicyclic) bond motifs is 3. The summed E-state index contributed by atoms with van der Waals surface area (Å²) in [5.74, 6) is -0.503. The normalized spacial score (nSPS) is 29.7. The third-order valence-corrected chi connectivity index (χ3v) is 26.3. The van der Waals surface area contributed by atoms with Crippen LogP contribution in [0.2, 0.25) is 0 Å². The molecule has 0 unspecified atom stereocenters. The number of alkyl halides is 1. The van der Waals surface area contributed by atoms with E-state index < -0.39 is 22.1 Å². The fraction of sp³-hybridized carbons (Fsp3) is 0.680. The molecule has 9 heterocycles. The number of carbonyl (C=O) groups excluding carboxylic acids is 1. The molecule has 10 rings (SSSR count). The van der Waals surface area contributed by atoms with Crippen LogP contribution in [-0.2, 0) is 47.4 Å². The Morgan fingerprint density at radius 3 is 1.20 bits per heavy atom. The fourth-order valence-corrected chi connectivity index (χ4v) is 19.1. The Labute approximate surface area is 748 Å². The Hall–Kier alpha value is -5.62. The highest BCUT2D eigenvalue weighted by Gasteiger charge is 2.55. The van der Waals surface area contributed by atoms with E-state index in [1.807, 2.05) is 53.7 Å². The smallest absolute Gasteiger partial charge is 0.338 e. The van der Waals surface area contributed by atoms with Gasteiger partial charge in [0.25, 0.3) is 5.69 Å². The lowest BCUT2D eigenvalue weighted by molar-refractivity contribution is -0.384.